The number of hydrogen-bond donors (Lipinski definition) is 5. The van der Waals surface area contributed by atoms with E-state index in [1.807, 2.05) is 0 Å². The van der Waals surface area contributed by atoms with Crippen molar-refractivity contribution in [3.63, 3.8) is 0 Å². The van der Waals surface area contributed by atoms with E-state index >= 15 is 0 Å². The Bertz CT molecular complexity index is 1780. The molecule has 3 aromatic rings. The van der Waals surface area contributed by atoms with Gasteiger partial charge in [-0.15, -0.1) is 0 Å². The van der Waals surface area contributed by atoms with Crippen molar-refractivity contribution in [1.29, 1.82) is 0 Å². The summed E-state index contributed by atoms with van der Waals surface area (Å²) in [6.07, 6.45) is -5.36. The maximum atomic E-state index is 13.9. The molecule has 0 radical (unpaired) electrons. The molecule has 3 aliphatic heterocycles. The van der Waals surface area contributed by atoms with E-state index in [4.69, 9.17) is 9.31 Å². The molecule has 3 aromatic carbocycles. The smallest absolute Gasteiger partial charge is 0.481 e. The van der Waals surface area contributed by atoms with E-state index in [0.29, 0.717) is 16.5 Å². The number of rotatable bonds is 8. The Kier molecular flexibility index (Phi) is 9.04. The molecule has 5 N–H and O–H groups in total. The summed E-state index contributed by atoms with van der Waals surface area (Å²) in [7, 11) is -2.42. The Morgan fingerprint density at radius 2 is 1.48 bits per heavy atom. The van der Waals surface area contributed by atoms with Crippen molar-refractivity contribution < 1.29 is 56.8 Å². The number of fused-ring (bicyclic) bond motifs is 2. The van der Waals surface area contributed by atoms with Gasteiger partial charge in [-0.05, 0) is 70.4 Å². The van der Waals surface area contributed by atoms with Crippen LogP contribution >= 0.6 is 0 Å². The van der Waals surface area contributed by atoms with Crippen LogP contribution in [-0.2, 0) is 38.3 Å². The van der Waals surface area contributed by atoms with E-state index in [1.165, 1.54) is 23.1 Å². The maximum Gasteiger partial charge on any atom is 0.491 e. The van der Waals surface area contributed by atoms with Gasteiger partial charge >= 0.3 is 26.4 Å². The van der Waals surface area contributed by atoms with E-state index in [1.54, 1.807) is 18.2 Å². The van der Waals surface area contributed by atoms with Gasteiger partial charge in [-0.3, -0.25) is 19.2 Å². The minimum Gasteiger partial charge on any atom is -0.481 e. The first-order valence-electron chi connectivity index (χ1n) is 14.9. The molecule has 3 amide bonds. The molecule has 0 aromatic heterocycles. The molecule has 0 saturated carbocycles. The lowest BCUT2D eigenvalue weighted by atomic mass is 9.78. The molecule has 12 nitrogen and oxygen atoms in total. The summed E-state index contributed by atoms with van der Waals surface area (Å²) in [6, 6.07) is 9.76. The molecule has 3 atom stereocenters. The fourth-order valence-corrected chi connectivity index (χ4v) is 6.15. The van der Waals surface area contributed by atoms with Crippen LogP contribution in [0.15, 0.2) is 60.7 Å². The fraction of sp³-hybridized carbons (Fsp3) is 0.290. The molecule has 17 heteroatoms. The molecule has 3 aliphatic rings. The SMILES string of the molecule is O=C(O)C[C@H](NC(=O)[C@@H]1C[C@H](NC(=O)c2ccc3c(c2)B(O)OC3)CN1C(=O)c1ccc2c(c1)B(O)OC2)c1ccc(C(F)(F)F)cc1. The molecule has 0 spiro atoms. The highest BCUT2D eigenvalue weighted by molar-refractivity contribution is 6.62. The van der Waals surface area contributed by atoms with E-state index < -0.39 is 74.2 Å². The molecule has 248 valence electrons. The largest absolute Gasteiger partial charge is 0.491 e. The molecule has 3 heterocycles. The number of nitrogens with zero attached hydrogens (tertiary/aromatic N) is 1. The molecule has 1 fully saturated rings. The molecular formula is C31H28B2F3N3O9. The van der Waals surface area contributed by atoms with Crippen LogP contribution < -0.4 is 21.6 Å². The quantitative estimate of drug-likeness (QED) is 0.215. The molecule has 0 aliphatic carbocycles. The zero-order chi connectivity index (χ0) is 34.3. The van der Waals surface area contributed by atoms with Crippen molar-refractivity contribution in [3.05, 3.63) is 94.0 Å². The zero-order valence-corrected chi connectivity index (χ0v) is 25.1. The third-order valence-electron chi connectivity index (χ3n) is 8.66. The van der Waals surface area contributed by atoms with E-state index in [2.05, 4.69) is 10.6 Å². The number of carboxylic acid groups (broad SMARTS) is 1. The molecule has 1 saturated heterocycles. The molecule has 6 rings (SSSR count). The number of halogens is 3. The number of aliphatic carboxylic acids is 1. The monoisotopic (exact) mass is 665 g/mol. The van der Waals surface area contributed by atoms with Gasteiger partial charge in [0.25, 0.3) is 11.8 Å². The van der Waals surface area contributed by atoms with Crippen LogP contribution in [0.25, 0.3) is 0 Å². The van der Waals surface area contributed by atoms with E-state index in [0.717, 1.165) is 29.8 Å². The molecule has 0 bridgehead atoms. The van der Waals surface area contributed by atoms with Gasteiger partial charge in [-0.1, -0.05) is 24.3 Å². The summed E-state index contributed by atoms with van der Waals surface area (Å²) in [6.45, 7) is 0.212. The summed E-state index contributed by atoms with van der Waals surface area (Å²) in [5.74, 6) is -3.26. The highest BCUT2D eigenvalue weighted by Crippen LogP contribution is 2.31. The molecule has 48 heavy (non-hydrogen) atoms. The van der Waals surface area contributed by atoms with Crippen molar-refractivity contribution in [2.45, 2.75) is 50.4 Å². The van der Waals surface area contributed by atoms with Gasteiger partial charge in [0.15, 0.2) is 0 Å². The van der Waals surface area contributed by atoms with Crippen LogP contribution in [0.4, 0.5) is 13.2 Å². The topological polar surface area (TPSA) is 175 Å². The summed E-state index contributed by atoms with van der Waals surface area (Å²) in [4.78, 5) is 53.8. The van der Waals surface area contributed by atoms with Gasteiger partial charge < -0.3 is 40.0 Å². The van der Waals surface area contributed by atoms with Gasteiger partial charge in [0.2, 0.25) is 5.91 Å². The van der Waals surface area contributed by atoms with Crippen LogP contribution in [0.5, 0.6) is 0 Å². The van der Waals surface area contributed by atoms with Crippen molar-refractivity contribution in [2.24, 2.45) is 0 Å². The number of likely N-dealkylation sites (tertiary alicyclic amines) is 1. The van der Waals surface area contributed by atoms with Gasteiger partial charge in [0, 0.05) is 23.7 Å². The van der Waals surface area contributed by atoms with Crippen molar-refractivity contribution >= 4 is 48.9 Å². The standard InChI is InChI=1S/C31H28B2F3N3O9/c34-31(35,36)21-7-5-16(6-8-21)25(12-27(40)41)38-29(43)26-11-22(37-28(42)17-1-3-19-14-47-32(45)23(19)9-17)13-39(26)30(44)18-2-4-20-15-48-33(46)24(20)10-18/h1-10,22,25-26,45-46H,11-15H2,(H,37,42)(H,38,43)(H,40,41)/t22-,25-,26-/m0/s1. The lowest BCUT2D eigenvalue weighted by Gasteiger charge is -2.26. The average molecular weight is 665 g/mol. The number of amides is 3. The zero-order valence-electron chi connectivity index (χ0n) is 25.1. The number of hydrogen-bond acceptors (Lipinski definition) is 8. The number of benzene rings is 3. The van der Waals surface area contributed by atoms with Crippen LogP contribution in [-0.4, -0.2) is 76.6 Å². The number of carboxylic acids is 1. The Morgan fingerprint density at radius 3 is 2.06 bits per heavy atom. The van der Waals surface area contributed by atoms with Crippen LogP contribution in [0.2, 0.25) is 0 Å². The number of nitrogens with one attached hydrogen (secondary N) is 2. The normalized spacial score (nSPS) is 19.1. The molecular weight excluding hydrogens is 637 g/mol. The minimum atomic E-state index is -4.62. The second kappa shape index (κ2) is 13.1. The predicted molar refractivity (Wildman–Crippen MR) is 163 cm³/mol. The fourth-order valence-electron chi connectivity index (χ4n) is 6.15. The van der Waals surface area contributed by atoms with Crippen LogP contribution in [0.1, 0.15) is 61.9 Å². The first-order valence-corrected chi connectivity index (χ1v) is 14.9. The summed E-state index contributed by atoms with van der Waals surface area (Å²) in [5, 5.41) is 35.1. The van der Waals surface area contributed by atoms with E-state index in [9.17, 15) is 47.5 Å². The lowest BCUT2D eigenvalue weighted by molar-refractivity contribution is -0.139. The summed E-state index contributed by atoms with van der Waals surface area (Å²) in [5.41, 5.74) is 1.72. The first-order chi connectivity index (χ1) is 22.8. The van der Waals surface area contributed by atoms with Gasteiger partial charge in [0.05, 0.1) is 31.2 Å². The molecule has 0 unspecified atom stereocenters. The Morgan fingerprint density at radius 1 is 0.896 bits per heavy atom. The van der Waals surface area contributed by atoms with Crippen molar-refractivity contribution in [3.8, 4) is 0 Å². The summed E-state index contributed by atoms with van der Waals surface area (Å²) >= 11 is 0. The van der Waals surface area contributed by atoms with Crippen molar-refractivity contribution in [2.75, 3.05) is 6.54 Å². The third-order valence-corrected chi connectivity index (χ3v) is 8.66. The predicted octanol–water partition coefficient (Wildman–Crippen LogP) is 0.486. The lowest BCUT2D eigenvalue weighted by Crippen LogP contribution is -2.47. The number of carbonyl (C=O) groups is 4. The second-order valence-electron chi connectivity index (χ2n) is 11.8. The number of carbonyl (C=O) groups excluding carboxylic acids is 3. The van der Waals surface area contributed by atoms with Crippen LogP contribution in [0.3, 0.4) is 0 Å². The first kappa shape index (κ1) is 33.2. The van der Waals surface area contributed by atoms with Gasteiger partial charge in [-0.25, -0.2) is 0 Å². The Hall–Kier alpha value is -4.70. The van der Waals surface area contributed by atoms with Gasteiger partial charge in [-0.2, -0.15) is 13.2 Å². The highest BCUT2D eigenvalue weighted by Gasteiger charge is 2.42. The van der Waals surface area contributed by atoms with Gasteiger partial charge in [0.1, 0.15) is 6.04 Å². The third kappa shape index (κ3) is 6.80. The second-order valence-corrected chi connectivity index (χ2v) is 11.8. The maximum absolute atomic E-state index is 13.9. The minimum absolute atomic E-state index is 0.0799. The Balaban J connectivity index is 1.25. The average Bonchev–Trinajstić information content (AvgIpc) is 3.76. The Labute approximate surface area is 272 Å². The highest BCUT2D eigenvalue weighted by atomic mass is 19.4. The van der Waals surface area contributed by atoms with Crippen LogP contribution in [0, 0.1) is 0 Å². The van der Waals surface area contributed by atoms with Crippen molar-refractivity contribution in [1.82, 2.24) is 15.5 Å². The number of alkyl halides is 3. The summed E-state index contributed by atoms with van der Waals surface area (Å²) < 4.78 is 49.8. The van der Waals surface area contributed by atoms with E-state index in [-0.39, 0.29) is 42.9 Å².